The predicted molar refractivity (Wildman–Crippen MR) is 227 cm³/mol. The number of amides is 1. The third-order valence-corrected chi connectivity index (χ3v) is 13.8. The number of unbranched alkanes of at least 4 members (excludes halogenated alkanes) is 11. The Balaban J connectivity index is 0.855. The number of aliphatic hydroxyl groups excluding tert-OH is 1. The Kier molecular flexibility index (Phi) is 16.9. The largest absolute Gasteiger partial charge is 0.465 e. The second-order valence-corrected chi connectivity index (χ2v) is 18.4. The summed E-state index contributed by atoms with van der Waals surface area (Å²) in [5.41, 5.74) is 9.93. The Hall–Kier alpha value is -2.33. The van der Waals surface area contributed by atoms with E-state index in [1.165, 1.54) is 37.0 Å². The standard InChI is InChI=1S/C45H78N6O8/c1-3-35-21-15-16-25-43(58-35)32-34-23-24-36-38(44(26-18-20-33(2)57-44)49-42(48-43)51(34)36)40(53)56-31-17-13-11-9-7-5-4-6-8-10-12-14-22-37-39(52)50(30-19-28-46)41(54)45(55,59-37)27-29-47/h15,21,33-38,41,54-55H,3-14,16-20,22-32,46-47H2,1-2H3,(H,48,49)/t33-,34+,35+,36-,37-,38-,41-,43+,44-,45+/m0/s1. The molecule has 0 aromatic carbocycles. The number of hydrogen-bond donors (Lipinski definition) is 5. The fourth-order valence-electron chi connectivity index (χ4n) is 10.7. The lowest BCUT2D eigenvalue weighted by Gasteiger charge is -2.55. The van der Waals surface area contributed by atoms with Gasteiger partial charge < -0.3 is 55.7 Å². The van der Waals surface area contributed by atoms with E-state index in [0.717, 1.165) is 109 Å². The van der Waals surface area contributed by atoms with Crippen molar-refractivity contribution in [2.45, 2.75) is 222 Å². The number of aliphatic imine (C=N–C) groups is 1. The zero-order chi connectivity index (χ0) is 41.9. The second-order valence-electron chi connectivity index (χ2n) is 18.4. The van der Waals surface area contributed by atoms with E-state index in [2.05, 4.69) is 36.2 Å². The molecular weight excluding hydrogens is 753 g/mol. The fourth-order valence-corrected chi connectivity index (χ4v) is 10.7. The van der Waals surface area contributed by atoms with E-state index in [-0.39, 0.29) is 55.7 Å². The highest BCUT2D eigenvalue weighted by molar-refractivity contribution is 5.87. The first-order valence-corrected chi connectivity index (χ1v) is 23.7. The van der Waals surface area contributed by atoms with Gasteiger partial charge in [-0.3, -0.25) is 9.59 Å². The van der Waals surface area contributed by atoms with Gasteiger partial charge in [-0.05, 0) is 90.6 Å². The van der Waals surface area contributed by atoms with Gasteiger partial charge in [0.2, 0.25) is 5.79 Å². The molecule has 0 bridgehead atoms. The van der Waals surface area contributed by atoms with Crippen LogP contribution in [-0.4, -0.2) is 118 Å². The van der Waals surface area contributed by atoms with Crippen LogP contribution in [0.25, 0.3) is 0 Å². The summed E-state index contributed by atoms with van der Waals surface area (Å²) < 4.78 is 25.3. The molecule has 14 nitrogen and oxygen atoms in total. The molecule has 59 heavy (non-hydrogen) atoms. The van der Waals surface area contributed by atoms with Gasteiger partial charge in [0.05, 0.1) is 24.9 Å². The summed E-state index contributed by atoms with van der Waals surface area (Å²) >= 11 is 0. The van der Waals surface area contributed by atoms with Crippen molar-refractivity contribution >= 4 is 17.8 Å². The van der Waals surface area contributed by atoms with Crippen molar-refractivity contribution in [3.05, 3.63) is 12.2 Å². The van der Waals surface area contributed by atoms with Crippen LogP contribution in [0.3, 0.4) is 0 Å². The van der Waals surface area contributed by atoms with Crippen LogP contribution in [0.1, 0.15) is 168 Å². The minimum absolute atomic E-state index is 0.0151. The molecule has 6 heterocycles. The molecule has 14 heteroatoms. The third-order valence-electron chi connectivity index (χ3n) is 13.8. The summed E-state index contributed by atoms with van der Waals surface area (Å²) in [7, 11) is 0. The molecule has 0 aromatic rings. The van der Waals surface area contributed by atoms with Gasteiger partial charge in [-0.25, -0.2) is 4.99 Å². The molecule has 6 aliphatic rings. The number of carbonyl (C=O) groups is 2. The van der Waals surface area contributed by atoms with Crippen LogP contribution >= 0.6 is 0 Å². The number of aliphatic hydroxyl groups is 2. The Morgan fingerprint density at radius 3 is 2.34 bits per heavy atom. The van der Waals surface area contributed by atoms with E-state index >= 15 is 0 Å². The van der Waals surface area contributed by atoms with Crippen LogP contribution in [-0.2, 0) is 28.5 Å². The van der Waals surface area contributed by atoms with Crippen molar-refractivity contribution in [1.82, 2.24) is 15.1 Å². The van der Waals surface area contributed by atoms with E-state index in [0.29, 0.717) is 26.0 Å². The average Bonchev–Trinajstić information content (AvgIpc) is 3.52. The van der Waals surface area contributed by atoms with Crippen molar-refractivity contribution in [2.24, 2.45) is 22.4 Å². The van der Waals surface area contributed by atoms with E-state index < -0.39 is 35.5 Å². The maximum atomic E-state index is 14.1. The van der Waals surface area contributed by atoms with Crippen molar-refractivity contribution < 1.29 is 38.7 Å². The monoisotopic (exact) mass is 831 g/mol. The maximum absolute atomic E-state index is 14.1. The summed E-state index contributed by atoms with van der Waals surface area (Å²) in [4.78, 5) is 36.1. The molecule has 1 amide bonds. The van der Waals surface area contributed by atoms with E-state index in [9.17, 15) is 19.8 Å². The molecule has 7 N–H and O–H groups in total. The number of allylic oxidation sites excluding steroid dienone is 1. The van der Waals surface area contributed by atoms with E-state index in [4.69, 9.17) is 35.4 Å². The smallest absolute Gasteiger partial charge is 0.316 e. The lowest BCUT2D eigenvalue weighted by Crippen LogP contribution is -2.71. The SMILES string of the molecule is CC[C@@H]1C=CCC[C@]2(C[C@H]3CC[C@H]4[C@@H](C(=O)OCCCCCCCCCCCCCC[C@@H]5O[C@](O)(CCN)[C@H](O)N(CCCN)C5=O)[C@@]5(CCC[C@H](C)O5)N=C(N2)N34)O1. The minimum Gasteiger partial charge on any atom is -0.465 e. The van der Waals surface area contributed by atoms with Gasteiger partial charge in [-0.1, -0.05) is 89.7 Å². The molecule has 0 unspecified atom stereocenters. The quantitative estimate of drug-likeness (QED) is 0.0526. The summed E-state index contributed by atoms with van der Waals surface area (Å²) in [6, 6.07) is 0.299. The molecule has 336 valence electrons. The summed E-state index contributed by atoms with van der Waals surface area (Å²) in [5.74, 6) is -1.87. The molecule has 10 atom stereocenters. The first-order valence-electron chi connectivity index (χ1n) is 23.7. The van der Waals surface area contributed by atoms with Crippen LogP contribution < -0.4 is 16.8 Å². The molecule has 0 aliphatic carbocycles. The van der Waals surface area contributed by atoms with Crippen LogP contribution in [0.15, 0.2) is 17.1 Å². The molecule has 0 radical (unpaired) electrons. The molecule has 4 saturated heterocycles. The highest BCUT2D eigenvalue weighted by Crippen LogP contribution is 2.50. The molecule has 0 saturated carbocycles. The third kappa shape index (κ3) is 11.2. The van der Waals surface area contributed by atoms with Gasteiger partial charge in [-0.15, -0.1) is 0 Å². The van der Waals surface area contributed by atoms with Gasteiger partial charge in [0, 0.05) is 25.4 Å². The van der Waals surface area contributed by atoms with Crippen LogP contribution in [0.2, 0.25) is 0 Å². The van der Waals surface area contributed by atoms with Crippen LogP contribution in [0, 0.1) is 5.92 Å². The van der Waals surface area contributed by atoms with Crippen LogP contribution in [0.4, 0.5) is 0 Å². The number of nitrogens with one attached hydrogen (secondary N) is 1. The number of ether oxygens (including phenoxy) is 4. The van der Waals surface area contributed by atoms with Crippen molar-refractivity contribution in [1.29, 1.82) is 0 Å². The minimum atomic E-state index is -1.85. The zero-order valence-electron chi connectivity index (χ0n) is 36.3. The highest BCUT2D eigenvalue weighted by Gasteiger charge is 2.62. The maximum Gasteiger partial charge on any atom is 0.316 e. The number of nitrogens with two attached hydrogens (primary N) is 2. The number of morpholine rings is 1. The van der Waals surface area contributed by atoms with E-state index in [1.54, 1.807) is 0 Å². The molecule has 6 aliphatic heterocycles. The molecule has 4 fully saturated rings. The van der Waals surface area contributed by atoms with Crippen molar-refractivity contribution in [2.75, 3.05) is 26.2 Å². The highest BCUT2D eigenvalue weighted by atomic mass is 16.7. The van der Waals surface area contributed by atoms with Crippen LogP contribution in [0.5, 0.6) is 0 Å². The molecule has 0 aromatic heterocycles. The Morgan fingerprint density at radius 2 is 1.66 bits per heavy atom. The summed E-state index contributed by atoms with van der Waals surface area (Å²) in [5, 5.41) is 25.3. The van der Waals surface area contributed by atoms with Gasteiger partial charge in [-0.2, -0.15) is 0 Å². The normalized spacial score (nSPS) is 35.5. The fraction of sp³-hybridized carbons (Fsp3) is 0.889. The Morgan fingerprint density at radius 1 is 0.949 bits per heavy atom. The lowest BCUT2D eigenvalue weighted by molar-refractivity contribution is -0.325. The van der Waals surface area contributed by atoms with Gasteiger partial charge in [0.15, 0.2) is 17.9 Å². The van der Waals surface area contributed by atoms with Crippen molar-refractivity contribution in [3.63, 3.8) is 0 Å². The lowest BCUT2D eigenvalue weighted by atomic mass is 9.80. The Labute approximate surface area is 353 Å². The Bertz CT molecular complexity index is 1420. The number of rotatable bonds is 22. The van der Waals surface area contributed by atoms with Gasteiger partial charge in [0.1, 0.15) is 17.7 Å². The molecular formula is C45H78N6O8. The van der Waals surface area contributed by atoms with Crippen molar-refractivity contribution in [3.8, 4) is 0 Å². The van der Waals surface area contributed by atoms with Gasteiger partial charge >= 0.3 is 5.97 Å². The number of hydrogen-bond acceptors (Lipinski definition) is 13. The zero-order valence-corrected chi connectivity index (χ0v) is 36.3. The first kappa shape index (κ1) is 46.2. The number of nitrogens with zero attached hydrogens (tertiary/aromatic N) is 3. The number of esters is 1. The first-order chi connectivity index (χ1) is 28.6. The second kappa shape index (κ2) is 21.6. The topological polar surface area (TPSA) is 194 Å². The molecule has 2 spiro atoms. The predicted octanol–water partition coefficient (Wildman–Crippen LogP) is 5.47. The van der Waals surface area contributed by atoms with E-state index in [1.807, 2.05) is 0 Å². The molecule has 6 rings (SSSR count). The average molecular weight is 831 g/mol. The number of guanidine groups is 1. The van der Waals surface area contributed by atoms with Gasteiger partial charge in [0.25, 0.3) is 5.91 Å². The summed E-state index contributed by atoms with van der Waals surface area (Å²) in [6.07, 6.45) is 25.0. The summed E-state index contributed by atoms with van der Waals surface area (Å²) in [6.45, 7) is 5.53. The number of carbonyl (C=O) groups excluding carboxylic acids is 2.